The lowest BCUT2D eigenvalue weighted by molar-refractivity contribution is 0.215. The van der Waals surface area contributed by atoms with Crippen LogP contribution in [-0.4, -0.2) is 24.7 Å². The number of thiazole rings is 1. The lowest BCUT2D eigenvalue weighted by atomic mass is 9.99. The van der Waals surface area contributed by atoms with Gasteiger partial charge in [0.1, 0.15) is 5.75 Å². The number of fused-ring (bicyclic) bond motifs is 1. The fourth-order valence-corrected chi connectivity index (χ4v) is 3.72. The molecule has 0 radical (unpaired) electrons. The average molecular weight is 290 g/mol. The van der Waals surface area contributed by atoms with Gasteiger partial charge in [-0.25, -0.2) is 4.98 Å². The number of rotatable bonds is 5. The number of nitrogens with zero attached hydrogens (tertiary/aromatic N) is 1. The van der Waals surface area contributed by atoms with Gasteiger partial charge in [-0.2, -0.15) is 0 Å². The van der Waals surface area contributed by atoms with Crippen molar-refractivity contribution in [2.45, 2.75) is 32.6 Å². The molecule has 108 valence electrons. The molecule has 4 heteroatoms. The van der Waals surface area contributed by atoms with Gasteiger partial charge >= 0.3 is 0 Å². The zero-order valence-corrected chi connectivity index (χ0v) is 12.8. The Hall–Kier alpha value is -1.13. The minimum absolute atomic E-state index is 0.698. The third-order valence-corrected chi connectivity index (χ3v) is 4.89. The molecule has 0 aliphatic carbocycles. The van der Waals surface area contributed by atoms with E-state index in [0.29, 0.717) is 5.92 Å². The highest BCUT2D eigenvalue weighted by Crippen LogP contribution is 2.27. The van der Waals surface area contributed by atoms with E-state index in [-0.39, 0.29) is 0 Å². The van der Waals surface area contributed by atoms with Crippen molar-refractivity contribution in [3.05, 3.63) is 23.2 Å². The Kier molecular flexibility index (Phi) is 4.53. The summed E-state index contributed by atoms with van der Waals surface area (Å²) in [6, 6.07) is 6.29. The number of aryl methyl sites for hydroxylation is 1. The van der Waals surface area contributed by atoms with Crippen LogP contribution in [0.1, 0.15) is 31.2 Å². The predicted octanol–water partition coefficient (Wildman–Crippen LogP) is 3.63. The molecule has 0 amide bonds. The number of hydrogen-bond acceptors (Lipinski definition) is 4. The third kappa shape index (κ3) is 3.30. The molecule has 3 nitrogen and oxygen atoms in total. The van der Waals surface area contributed by atoms with Crippen LogP contribution < -0.4 is 10.1 Å². The Morgan fingerprint density at radius 3 is 3.00 bits per heavy atom. The minimum atomic E-state index is 0.698. The summed E-state index contributed by atoms with van der Waals surface area (Å²) in [5.74, 6) is 1.69. The molecule has 0 atom stereocenters. The number of aromatic nitrogens is 1. The van der Waals surface area contributed by atoms with E-state index in [9.17, 15) is 0 Å². The maximum Gasteiger partial charge on any atom is 0.120 e. The Morgan fingerprint density at radius 1 is 1.35 bits per heavy atom. The summed E-state index contributed by atoms with van der Waals surface area (Å²) >= 11 is 1.80. The molecule has 0 saturated carbocycles. The van der Waals surface area contributed by atoms with Crippen molar-refractivity contribution in [2.24, 2.45) is 5.92 Å². The van der Waals surface area contributed by atoms with Gasteiger partial charge in [0.05, 0.1) is 21.8 Å². The number of benzene rings is 1. The van der Waals surface area contributed by atoms with Crippen LogP contribution in [0.5, 0.6) is 5.75 Å². The summed E-state index contributed by atoms with van der Waals surface area (Å²) in [6.07, 6.45) is 4.68. The molecular weight excluding hydrogens is 268 g/mol. The normalized spacial score (nSPS) is 16.6. The summed E-state index contributed by atoms with van der Waals surface area (Å²) in [5, 5.41) is 4.62. The lowest BCUT2D eigenvalue weighted by Gasteiger charge is -2.22. The van der Waals surface area contributed by atoms with Crippen molar-refractivity contribution in [1.29, 1.82) is 0 Å². The van der Waals surface area contributed by atoms with Crippen LogP contribution in [-0.2, 0) is 6.42 Å². The average Bonchev–Trinajstić information content (AvgIpc) is 2.88. The molecule has 1 aromatic carbocycles. The van der Waals surface area contributed by atoms with Crippen molar-refractivity contribution in [1.82, 2.24) is 10.3 Å². The number of piperidine rings is 1. The smallest absolute Gasteiger partial charge is 0.120 e. The Bertz CT molecular complexity index is 561. The van der Waals surface area contributed by atoms with E-state index in [2.05, 4.69) is 35.4 Å². The highest BCUT2D eigenvalue weighted by atomic mass is 32.1. The molecule has 1 aliphatic heterocycles. The Morgan fingerprint density at radius 2 is 2.20 bits per heavy atom. The molecular formula is C16H22N2OS. The first-order valence-corrected chi connectivity index (χ1v) is 8.40. The van der Waals surface area contributed by atoms with Gasteiger partial charge in [0.25, 0.3) is 0 Å². The van der Waals surface area contributed by atoms with Crippen LogP contribution in [0.3, 0.4) is 0 Å². The lowest BCUT2D eigenvalue weighted by Crippen LogP contribution is -2.30. The van der Waals surface area contributed by atoms with E-state index in [4.69, 9.17) is 4.74 Å². The maximum atomic E-state index is 5.97. The van der Waals surface area contributed by atoms with Crippen molar-refractivity contribution in [2.75, 3.05) is 19.7 Å². The summed E-state index contributed by atoms with van der Waals surface area (Å²) in [7, 11) is 0. The SMILES string of the molecule is CCCc1nc2ccc(OCC3CCNCC3)cc2s1. The largest absolute Gasteiger partial charge is 0.493 e. The fourth-order valence-electron chi connectivity index (χ4n) is 2.63. The number of nitrogens with one attached hydrogen (secondary N) is 1. The van der Waals surface area contributed by atoms with Crippen LogP contribution >= 0.6 is 11.3 Å². The van der Waals surface area contributed by atoms with Gasteiger partial charge < -0.3 is 10.1 Å². The van der Waals surface area contributed by atoms with E-state index in [0.717, 1.165) is 43.8 Å². The molecule has 20 heavy (non-hydrogen) atoms. The van der Waals surface area contributed by atoms with E-state index < -0.39 is 0 Å². The Labute approximate surface area is 124 Å². The minimum Gasteiger partial charge on any atom is -0.493 e. The van der Waals surface area contributed by atoms with Crippen molar-refractivity contribution in [3.63, 3.8) is 0 Å². The molecule has 0 spiro atoms. The van der Waals surface area contributed by atoms with Crippen LogP contribution in [0.25, 0.3) is 10.2 Å². The summed E-state index contributed by atoms with van der Waals surface area (Å²) < 4.78 is 7.22. The Balaban J connectivity index is 1.65. The van der Waals surface area contributed by atoms with E-state index in [1.165, 1.54) is 22.5 Å². The van der Waals surface area contributed by atoms with Crippen LogP contribution in [0, 0.1) is 5.92 Å². The van der Waals surface area contributed by atoms with Gasteiger partial charge in [-0.15, -0.1) is 11.3 Å². The molecule has 2 heterocycles. The molecule has 1 fully saturated rings. The van der Waals surface area contributed by atoms with Gasteiger partial charge in [0.2, 0.25) is 0 Å². The van der Waals surface area contributed by atoms with Gasteiger partial charge in [0.15, 0.2) is 0 Å². The quantitative estimate of drug-likeness (QED) is 0.913. The molecule has 2 aromatic rings. The molecule has 1 N–H and O–H groups in total. The summed E-state index contributed by atoms with van der Waals surface area (Å²) in [5.41, 5.74) is 1.10. The second-order valence-electron chi connectivity index (χ2n) is 5.49. The first-order valence-electron chi connectivity index (χ1n) is 7.58. The van der Waals surface area contributed by atoms with Crippen LogP contribution in [0.4, 0.5) is 0 Å². The summed E-state index contributed by atoms with van der Waals surface area (Å²) in [4.78, 5) is 4.65. The molecule has 1 aromatic heterocycles. The molecule has 1 saturated heterocycles. The van der Waals surface area contributed by atoms with E-state index >= 15 is 0 Å². The fraction of sp³-hybridized carbons (Fsp3) is 0.562. The van der Waals surface area contributed by atoms with Gasteiger partial charge in [0, 0.05) is 0 Å². The van der Waals surface area contributed by atoms with Crippen molar-refractivity contribution >= 4 is 21.6 Å². The van der Waals surface area contributed by atoms with Crippen molar-refractivity contribution in [3.8, 4) is 5.75 Å². The zero-order valence-electron chi connectivity index (χ0n) is 12.0. The second-order valence-corrected chi connectivity index (χ2v) is 6.61. The topological polar surface area (TPSA) is 34.1 Å². The first kappa shape index (κ1) is 13.8. The van der Waals surface area contributed by atoms with Crippen molar-refractivity contribution < 1.29 is 4.74 Å². The summed E-state index contributed by atoms with van der Waals surface area (Å²) in [6.45, 7) is 5.29. The van der Waals surface area contributed by atoms with E-state index in [1.54, 1.807) is 11.3 Å². The van der Waals surface area contributed by atoms with Crippen LogP contribution in [0.2, 0.25) is 0 Å². The standard InChI is InChI=1S/C16H22N2OS/c1-2-3-16-18-14-5-4-13(10-15(14)20-16)19-11-12-6-8-17-9-7-12/h4-5,10,12,17H,2-3,6-9,11H2,1H3. The highest BCUT2D eigenvalue weighted by Gasteiger charge is 2.13. The highest BCUT2D eigenvalue weighted by molar-refractivity contribution is 7.18. The zero-order chi connectivity index (χ0) is 13.8. The molecule has 0 unspecified atom stereocenters. The maximum absolute atomic E-state index is 5.97. The van der Waals surface area contributed by atoms with Gasteiger partial charge in [-0.3, -0.25) is 0 Å². The molecule has 0 bridgehead atoms. The molecule has 1 aliphatic rings. The van der Waals surface area contributed by atoms with Crippen LogP contribution in [0.15, 0.2) is 18.2 Å². The molecule has 3 rings (SSSR count). The monoisotopic (exact) mass is 290 g/mol. The third-order valence-electron chi connectivity index (χ3n) is 3.81. The first-order chi connectivity index (χ1) is 9.85. The van der Waals surface area contributed by atoms with Gasteiger partial charge in [-0.05, 0) is 62.9 Å². The number of hydrogen-bond donors (Lipinski definition) is 1. The number of ether oxygens (including phenoxy) is 1. The van der Waals surface area contributed by atoms with Gasteiger partial charge in [-0.1, -0.05) is 6.92 Å². The van der Waals surface area contributed by atoms with E-state index in [1.807, 2.05) is 0 Å². The predicted molar refractivity (Wildman–Crippen MR) is 84.7 cm³/mol. The second kappa shape index (κ2) is 6.55.